The lowest BCUT2D eigenvalue weighted by Crippen LogP contribution is -2.08. The van der Waals surface area contributed by atoms with Crippen LogP contribution < -0.4 is 0 Å². The molecule has 0 spiro atoms. The van der Waals surface area contributed by atoms with Gasteiger partial charge < -0.3 is 4.74 Å². The Bertz CT molecular complexity index is 377. The first-order valence-electron chi connectivity index (χ1n) is 4.64. The van der Waals surface area contributed by atoms with Crippen molar-refractivity contribution in [2.24, 2.45) is 0 Å². The van der Waals surface area contributed by atoms with Gasteiger partial charge in [-0.1, -0.05) is 6.07 Å². The van der Waals surface area contributed by atoms with Crippen LogP contribution >= 0.6 is 15.9 Å². The van der Waals surface area contributed by atoms with Crippen LogP contribution in [0.25, 0.3) is 0 Å². The molecule has 15 heavy (non-hydrogen) atoms. The predicted molar refractivity (Wildman–Crippen MR) is 59.2 cm³/mol. The molecule has 0 atom stereocenters. The van der Waals surface area contributed by atoms with E-state index in [4.69, 9.17) is 4.74 Å². The smallest absolute Gasteiger partial charge is 0.310 e. The van der Waals surface area contributed by atoms with Gasteiger partial charge in [-0.15, -0.1) is 0 Å². The van der Waals surface area contributed by atoms with Crippen molar-refractivity contribution in [1.29, 1.82) is 0 Å². The summed E-state index contributed by atoms with van der Waals surface area (Å²) in [6.45, 7) is 3.86. The molecule has 0 saturated heterocycles. The van der Waals surface area contributed by atoms with Gasteiger partial charge in [0.1, 0.15) is 5.82 Å². The molecular formula is C11H12BrFO2. The minimum Gasteiger partial charge on any atom is -0.466 e. The van der Waals surface area contributed by atoms with E-state index in [0.29, 0.717) is 16.6 Å². The fourth-order valence-electron chi connectivity index (χ4n) is 1.29. The molecular weight excluding hydrogens is 263 g/mol. The van der Waals surface area contributed by atoms with Crippen LogP contribution in [-0.2, 0) is 16.0 Å². The summed E-state index contributed by atoms with van der Waals surface area (Å²) >= 11 is 3.11. The van der Waals surface area contributed by atoms with Crippen LogP contribution in [0, 0.1) is 12.7 Å². The predicted octanol–water partition coefficient (Wildman–Crippen LogP) is 3.00. The van der Waals surface area contributed by atoms with Crippen molar-refractivity contribution >= 4 is 21.9 Å². The second kappa shape index (κ2) is 5.26. The number of rotatable bonds is 3. The summed E-state index contributed by atoms with van der Waals surface area (Å²) in [6.07, 6.45) is 0.0903. The van der Waals surface area contributed by atoms with Gasteiger partial charge in [0.15, 0.2) is 0 Å². The highest BCUT2D eigenvalue weighted by molar-refractivity contribution is 9.10. The Morgan fingerprint density at radius 1 is 1.53 bits per heavy atom. The van der Waals surface area contributed by atoms with Gasteiger partial charge in [0.05, 0.1) is 17.5 Å². The van der Waals surface area contributed by atoms with Crippen LogP contribution in [0.4, 0.5) is 4.39 Å². The quantitative estimate of drug-likeness (QED) is 0.793. The Kier molecular flexibility index (Phi) is 4.27. The number of hydrogen-bond donors (Lipinski definition) is 0. The van der Waals surface area contributed by atoms with Gasteiger partial charge in [-0.25, -0.2) is 4.39 Å². The number of hydrogen-bond acceptors (Lipinski definition) is 2. The zero-order valence-corrected chi connectivity index (χ0v) is 10.2. The minimum atomic E-state index is -0.353. The van der Waals surface area contributed by atoms with E-state index >= 15 is 0 Å². The van der Waals surface area contributed by atoms with Crippen molar-refractivity contribution in [2.45, 2.75) is 20.3 Å². The standard InChI is InChI=1S/C11H12BrFO2/c1-3-15-10(14)6-8-4-7(2)5-9(13)11(8)12/h4-5H,3,6H2,1-2H3. The summed E-state index contributed by atoms with van der Waals surface area (Å²) < 4.78 is 18.4. The largest absolute Gasteiger partial charge is 0.466 e. The topological polar surface area (TPSA) is 26.3 Å². The summed E-state index contributed by atoms with van der Waals surface area (Å²) in [6, 6.07) is 3.18. The van der Waals surface area contributed by atoms with Crippen LogP contribution in [0.5, 0.6) is 0 Å². The molecule has 0 radical (unpaired) electrons. The number of halogens is 2. The second-order valence-electron chi connectivity index (χ2n) is 3.20. The van der Waals surface area contributed by atoms with Crippen molar-refractivity contribution in [1.82, 2.24) is 0 Å². The molecule has 0 fully saturated rings. The second-order valence-corrected chi connectivity index (χ2v) is 3.99. The molecule has 0 unspecified atom stereocenters. The molecule has 2 nitrogen and oxygen atoms in total. The maximum Gasteiger partial charge on any atom is 0.310 e. The normalized spacial score (nSPS) is 10.1. The van der Waals surface area contributed by atoms with E-state index in [1.165, 1.54) is 6.07 Å². The molecule has 0 aromatic heterocycles. The third-order valence-corrected chi connectivity index (χ3v) is 2.78. The van der Waals surface area contributed by atoms with E-state index < -0.39 is 0 Å². The first kappa shape index (κ1) is 12.2. The van der Waals surface area contributed by atoms with Crippen molar-refractivity contribution in [3.05, 3.63) is 33.5 Å². The molecule has 1 aromatic rings. The monoisotopic (exact) mass is 274 g/mol. The number of ether oxygens (including phenoxy) is 1. The Morgan fingerprint density at radius 2 is 2.20 bits per heavy atom. The molecule has 0 aliphatic carbocycles. The van der Waals surface area contributed by atoms with Gasteiger partial charge in [0.25, 0.3) is 0 Å². The zero-order chi connectivity index (χ0) is 11.4. The van der Waals surface area contributed by atoms with Gasteiger partial charge in [-0.05, 0) is 47.0 Å². The Balaban J connectivity index is 2.89. The van der Waals surface area contributed by atoms with E-state index in [2.05, 4.69) is 15.9 Å². The average molecular weight is 275 g/mol. The summed E-state index contributed by atoms with van der Waals surface area (Å²) in [5.41, 5.74) is 1.40. The fraction of sp³-hybridized carbons (Fsp3) is 0.364. The highest BCUT2D eigenvalue weighted by atomic mass is 79.9. The first-order valence-corrected chi connectivity index (χ1v) is 5.44. The number of aryl methyl sites for hydroxylation is 1. The van der Waals surface area contributed by atoms with E-state index in [9.17, 15) is 9.18 Å². The van der Waals surface area contributed by atoms with E-state index in [1.807, 2.05) is 0 Å². The highest BCUT2D eigenvalue weighted by Crippen LogP contribution is 2.23. The molecule has 82 valence electrons. The number of esters is 1. The van der Waals surface area contributed by atoms with Gasteiger partial charge in [0.2, 0.25) is 0 Å². The van der Waals surface area contributed by atoms with Gasteiger partial charge >= 0.3 is 5.97 Å². The van der Waals surface area contributed by atoms with E-state index in [-0.39, 0.29) is 18.2 Å². The summed E-state index contributed by atoms with van der Waals surface area (Å²) in [7, 11) is 0. The van der Waals surface area contributed by atoms with Crippen LogP contribution in [0.3, 0.4) is 0 Å². The molecule has 0 N–H and O–H groups in total. The maximum atomic E-state index is 13.3. The number of benzene rings is 1. The molecule has 0 saturated carbocycles. The Morgan fingerprint density at radius 3 is 2.80 bits per heavy atom. The average Bonchev–Trinajstić information content (AvgIpc) is 2.13. The molecule has 0 heterocycles. The lowest BCUT2D eigenvalue weighted by atomic mass is 10.1. The SMILES string of the molecule is CCOC(=O)Cc1cc(C)cc(F)c1Br. The highest BCUT2D eigenvalue weighted by Gasteiger charge is 2.11. The molecule has 1 rings (SSSR count). The summed E-state index contributed by atoms with van der Waals surface area (Å²) in [5, 5.41) is 0. The number of carbonyl (C=O) groups excluding carboxylic acids is 1. The van der Waals surface area contributed by atoms with Crippen molar-refractivity contribution in [3.8, 4) is 0 Å². The van der Waals surface area contributed by atoms with Crippen LogP contribution in [0.15, 0.2) is 16.6 Å². The van der Waals surface area contributed by atoms with E-state index in [1.54, 1.807) is 19.9 Å². The lowest BCUT2D eigenvalue weighted by molar-refractivity contribution is -0.142. The van der Waals surface area contributed by atoms with Crippen LogP contribution in [0.2, 0.25) is 0 Å². The van der Waals surface area contributed by atoms with Gasteiger partial charge in [-0.3, -0.25) is 4.79 Å². The number of carbonyl (C=O) groups is 1. The van der Waals surface area contributed by atoms with Crippen molar-refractivity contribution in [2.75, 3.05) is 6.61 Å². The maximum absolute atomic E-state index is 13.3. The molecule has 0 amide bonds. The molecule has 1 aromatic carbocycles. The fourth-order valence-corrected chi connectivity index (χ4v) is 1.66. The third kappa shape index (κ3) is 3.30. The zero-order valence-electron chi connectivity index (χ0n) is 8.64. The molecule has 0 aliphatic heterocycles. The third-order valence-electron chi connectivity index (χ3n) is 1.89. The summed E-state index contributed by atoms with van der Waals surface area (Å²) in [5.74, 6) is -0.697. The Labute approximate surface area is 96.6 Å². The molecule has 4 heteroatoms. The Hall–Kier alpha value is -0.900. The first-order chi connectivity index (χ1) is 7.04. The van der Waals surface area contributed by atoms with Gasteiger partial charge in [0, 0.05) is 0 Å². The molecule has 0 bridgehead atoms. The van der Waals surface area contributed by atoms with Crippen molar-refractivity contribution in [3.63, 3.8) is 0 Å². The minimum absolute atomic E-state index is 0.0903. The van der Waals surface area contributed by atoms with Gasteiger partial charge in [-0.2, -0.15) is 0 Å². The van der Waals surface area contributed by atoms with Crippen molar-refractivity contribution < 1.29 is 13.9 Å². The van der Waals surface area contributed by atoms with Crippen LogP contribution in [0.1, 0.15) is 18.1 Å². The summed E-state index contributed by atoms with van der Waals surface area (Å²) in [4.78, 5) is 11.2. The lowest BCUT2D eigenvalue weighted by Gasteiger charge is -2.06. The van der Waals surface area contributed by atoms with Crippen LogP contribution in [-0.4, -0.2) is 12.6 Å². The van der Waals surface area contributed by atoms with E-state index in [0.717, 1.165) is 5.56 Å². The molecule has 0 aliphatic rings.